The highest BCUT2D eigenvalue weighted by molar-refractivity contribution is 5.78. The number of rotatable bonds is 3. The van der Waals surface area contributed by atoms with Gasteiger partial charge in [0.1, 0.15) is 0 Å². The zero-order valence-electron chi connectivity index (χ0n) is 8.84. The van der Waals surface area contributed by atoms with Crippen LogP contribution in [0, 0.1) is 10.8 Å². The summed E-state index contributed by atoms with van der Waals surface area (Å²) in [6.07, 6.45) is 5.83. The molecule has 0 atom stereocenters. The van der Waals surface area contributed by atoms with Crippen molar-refractivity contribution in [3.63, 3.8) is 0 Å². The number of esters is 1. The Bertz CT molecular complexity index is 238. The van der Waals surface area contributed by atoms with Crippen molar-refractivity contribution in [1.29, 1.82) is 0 Å². The van der Waals surface area contributed by atoms with Crippen molar-refractivity contribution < 1.29 is 9.53 Å². The molecule has 0 aliphatic heterocycles. The molecule has 2 rings (SSSR count). The predicted octanol–water partition coefficient (Wildman–Crippen LogP) is 1.46. The molecular formula is C11H19NO2. The lowest BCUT2D eigenvalue weighted by molar-refractivity contribution is -0.178. The Morgan fingerprint density at radius 3 is 2.43 bits per heavy atom. The van der Waals surface area contributed by atoms with E-state index in [4.69, 9.17) is 10.5 Å². The van der Waals surface area contributed by atoms with Gasteiger partial charge in [-0.3, -0.25) is 4.79 Å². The van der Waals surface area contributed by atoms with Crippen molar-refractivity contribution in [3.8, 4) is 0 Å². The Kier molecular flexibility index (Phi) is 2.30. The average Bonchev–Trinajstić information content (AvgIpc) is 2.01. The minimum Gasteiger partial charge on any atom is -0.466 e. The Hall–Kier alpha value is -0.570. The summed E-state index contributed by atoms with van der Waals surface area (Å²) in [5, 5.41) is 0. The van der Waals surface area contributed by atoms with Gasteiger partial charge in [-0.1, -0.05) is 6.42 Å². The molecule has 2 aliphatic rings. The molecule has 2 N–H and O–H groups in total. The molecule has 0 amide bonds. The fourth-order valence-electron chi connectivity index (χ4n) is 3.07. The van der Waals surface area contributed by atoms with Gasteiger partial charge in [0.15, 0.2) is 0 Å². The van der Waals surface area contributed by atoms with E-state index in [0.29, 0.717) is 18.6 Å². The first kappa shape index (κ1) is 9.97. The SMILES string of the molecule is CCOC(=O)C1(CN)CC2(CCC2)C1. The van der Waals surface area contributed by atoms with Crippen LogP contribution in [-0.4, -0.2) is 19.1 Å². The maximum atomic E-state index is 11.7. The molecule has 2 saturated carbocycles. The molecule has 0 heterocycles. The highest BCUT2D eigenvalue weighted by Crippen LogP contribution is 2.64. The van der Waals surface area contributed by atoms with Crippen molar-refractivity contribution in [1.82, 2.24) is 0 Å². The highest BCUT2D eigenvalue weighted by Gasteiger charge is 2.60. The molecule has 0 aromatic rings. The van der Waals surface area contributed by atoms with Crippen molar-refractivity contribution in [2.24, 2.45) is 16.6 Å². The molecule has 2 fully saturated rings. The summed E-state index contributed by atoms with van der Waals surface area (Å²) in [5.74, 6) is -0.0694. The molecule has 0 unspecified atom stereocenters. The topological polar surface area (TPSA) is 52.3 Å². The van der Waals surface area contributed by atoms with Gasteiger partial charge in [-0.25, -0.2) is 0 Å². The molecular weight excluding hydrogens is 178 g/mol. The summed E-state index contributed by atoms with van der Waals surface area (Å²) in [6.45, 7) is 2.76. The molecule has 3 heteroatoms. The summed E-state index contributed by atoms with van der Waals surface area (Å²) >= 11 is 0. The predicted molar refractivity (Wildman–Crippen MR) is 53.6 cm³/mol. The molecule has 0 saturated heterocycles. The van der Waals surface area contributed by atoms with Crippen LogP contribution < -0.4 is 5.73 Å². The zero-order chi connectivity index (χ0) is 10.2. The Labute approximate surface area is 85.0 Å². The van der Waals surface area contributed by atoms with Crippen LogP contribution in [0.5, 0.6) is 0 Å². The van der Waals surface area contributed by atoms with E-state index < -0.39 is 0 Å². The summed E-state index contributed by atoms with van der Waals surface area (Å²) in [5.41, 5.74) is 5.85. The van der Waals surface area contributed by atoms with Gasteiger partial charge in [0.05, 0.1) is 12.0 Å². The number of hydrogen-bond donors (Lipinski definition) is 1. The lowest BCUT2D eigenvalue weighted by Crippen LogP contribution is -2.58. The third-order valence-electron chi connectivity index (χ3n) is 3.94. The lowest BCUT2D eigenvalue weighted by Gasteiger charge is -2.59. The van der Waals surface area contributed by atoms with Gasteiger partial charge in [-0.2, -0.15) is 0 Å². The molecule has 0 aromatic carbocycles. The van der Waals surface area contributed by atoms with Gasteiger partial charge in [-0.05, 0) is 38.0 Å². The monoisotopic (exact) mass is 197 g/mol. The van der Waals surface area contributed by atoms with E-state index in [0.717, 1.165) is 12.8 Å². The van der Waals surface area contributed by atoms with Crippen LogP contribution in [0.25, 0.3) is 0 Å². The Morgan fingerprint density at radius 2 is 2.07 bits per heavy atom. The first-order valence-electron chi connectivity index (χ1n) is 5.54. The first-order valence-corrected chi connectivity index (χ1v) is 5.54. The number of nitrogens with two attached hydrogens (primary N) is 1. The molecule has 80 valence electrons. The van der Waals surface area contributed by atoms with Crippen molar-refractivity contribution in [2.45, 2.75) is 39.0 Å². The fraction of sp³-hybridized carbons (Fsp3) is 0.909. The van der Waals surface area contributed by atoms with E-state index in [1.54, 1.807) is 0 Å². The molecule has 1 spiro atoms. The second-order valence-electron chi connectivity index (χ2n) is 4.91. The van der Waals surface area contributed by atoms with Gasteiger partial charge in [-0.15, -0.1) is 0 Å². The molecule has 3 nitrogen and oxygen atoms in total. The molecule has 14 heavy (non-hydrogen) atoms. The second-order valence-corrected chi connectivity index (χ2v) is 4.91. The number of carbonyl (C=O) groups excluding carboxylic acids is 1. The number of hydrogen-bond acceptors (Lipinski definition) is 3. The minimum atomic E-state index is -0.323. The van der Waals surface area contributed by atoms with Crippen LogP contribution in [-0.2, 0) is 9.53 Å². The van der Waals surface area contributed by atoms with Crippen LogP contribution >= 0.6 is 0 Å². The maximum Gasteiger partial charge on any atom is 0.313 e. The van der Waals surface area contributed by atoms with Gasteiger partial charge in [0.2, 0.25) is 0 Å². The lowest BCUT2D eigenvalue weighted by atomic mass is 9.45. The van der Waals surface area contributed by atoms with E-state index in [2.05, 4.69) is 0 Å². The third kappa shape index (κ3) is 1.26. The quantitative estimate of drug-likeness (QED) is 0.697. The van der Waals surface area contributed by atoms with E-state index >= 15 is 0 Å². The van der Waals surface area contributed by atoms with Crippen LogP contribution in [0.15, 0.2) is 0 Å². The van der Waals surface area contributed by atoms with Crippen molar-refractivity contribution in [3.05, 3.63) is 0 Å². The third-order valence-corrected chi connectivity index (χ3v) is 3.94. The van der Waals surface area contributed by atoms with E-state index in [-0.39, 0.29) is 11.4 Å². The van der Waals surface area contributed by atoms with Crippen molar-refractivity contribution >= 4 is 5.97 Å². The van der Waals surface area contributed by atoms with Crippen LogP contribution in [0.4, 0.5) is 0 Å². The summed E-state index contributed by atoms with van der Waals surface area (Å²) in [7, 11) is 0. The normalized spacial score (nSPS) is 26.4. The first-order chi connectivity index (χ1) is 6.66. The average molecular weight is 197 g/mol. The van der Waals surface area contributed by atoms with E-state index in [1.807, 2.05) is 6.92 Å². The summed E-state index contributed by atoms with van der Waals surface area (Å²) < 4.78 is 5.08. The summed E-state index contributed by atoms with van der Waals surface area (Å²) in [6, 6.07) is 0. The molecule has 0 bridgehead atoms. The maximum absolute atomic E-state index is 11.7. The Morgan fingerprint density at radius 1 is 1.43 bits per heavy atom. The van der Waals surface area contributed by atoms with Gasteiger partial charge >= 0.3 is 5.97 Å². The number of carbonyl (C=O) groups is 1. The number of ether oxygens (including phenoxy) is 1. The van der Waals surface area contributed by atoms with E-state index in [9.17, 15) is 4.79 Å². The van der Waals surface area contributed by atoms with Gasteiger partial charge in [0.25, 0.3) is 0 Å². The summed E-state index contributed by atoms with van der Waals surface area (Å²) in [4.78, 5) is 11.7. The smallest absolute Gasteiger partial charge is 0.313 e. The second kappa shape index (κ2) is 3.23. The standard InChI is InChI=1S/C11H19NO2/c1-2-14-9(13)11(8-12)6-10(7-11)4-3-5-10/h2-8,12H2,1H3. The zero-order valence-corrected chi connectivity index (χ0v) is 8.84. The minimum absolute atomic E-state index is 0.0694. The molecule has 2 aliphatic carbocycles. The fourth-order valence-corrected chi connectivity index (χ4v) is 3.07. The van der Waals surface area contributed by atoms with Crippen LogP contribution in [0.1, 0.15) is 39.0 Å². The molecule has 0 aromatic heterocycles. The van der Waals surface area contributed by atoms with Gasteiger partial charge in [0, 0.05) is 6.54 Å². The molecule has 0 radical (unpaired) electrons. The van der Waals surface area contributed by atoms with E-state index in [1.165, 1.54) is 19.3 Å². The highest BCUT2D eigenvalue weighted by atomic mass is 16.5. The Balaban J connectivity index is 1.96. The van der Waals surface area contributed by atoms with Gasteiger partial charge < -0.3 is 10.5 Å². The van der Waals surface area contributed by atoms with Crippen LogP contribution in [0.3, 0.4) is 0 Å². The largest absolute Gasteiger partial charge is 0.466 e. The van der Waals surface area contributed by atoms with Crippen LogP contribution in [0.2, 0.25) is 0 Å². The van der Waals surface area contributed by atoms with Crippen molar-refractivity contribution in [2.75, 3.05) is 13.2 Å².